The van der Waals surface area contributed by atoms with Crippen molar-refractivity contribution >= 4 is 5.83 Å². The molecule has 3 aliphatic rings. The third-order valence-electron chi connectivity index (χ3n) is 4.84. The maximum absolute atomic E-state index is 14.7. The van der Waals surface area contributed by atoms with Crippen LogP contribution in [0.25, 0.3) is 5.83 Å². The number of hydrogen-bond donors (Lipinski definition) is 0. The molecule has 20 heavy (non-hydrogen) atoms. The standard InChI is InChI=1S/C16H16F2O2/c17-13-11-4-1-2-5-12(11)15(14(13)18)6-3-7-16(10-15)19-8-9-20-16/h1-2,4-5H,3,6-10H2/t15-/m0/s1. The molecule has 2 nitrogen and oxygen atoms in total. The third kappa shape index (κ3) is 1.49. The molecule has 1 heterocycles. The maximum Gasteiger partial charge on any atom is 0.169 e. The minimum atomic E-state index is -0.900. The van der Waals surface area contributed by atoms with Gasteiger partial charge in [-0.2, -0.15) is 0 Å². The molecule has 0 N–H and O–H groups in total. The van der Waals surface area contributed by atoms with E-state index in [0.29, 0.717) is 31.6 Å². The Bertz CT molecular complexity index is 590. The van der Waals surface area contributed by atoms with Crippen LogP contribution in [0.3, 0.4) is 0 Å². The van der Waals surface area contributed by atoms with Gasteiger partial charge in [-0.05, 0) is 18.4 Å². The van der Waals surface area contributed by atoms with E-state index in [2.05, 4.69) is 0 Å². The first-order valence-electron chi connectivity index (χ1n) is 7.11. The van der Waals surface area contributed by atoms with Crippen molar-refractivity contribution < 1.29 is 18.3 Å². The Hall–Kier alpha value is -1.26. The summed E-state index contributed by atoms with van der Waals surface area (Å²) in [4.78, 5) is 0. The number of fused-ring (bicyclic) bond motifs is 2. The second-order valence-corrected chi connectivity index (χ2v) is 5.89. The fourth-order valence-corrected chi connectivity index (χ4v) is 4.00. The Kier molecular flexibility index (Phi) is 2.57. The lowest BCUT2D eigenvalue weighted by Gasteiger charge is -2.43. The van der Waals surface area contributed by atoms with Crippen LogP contribution < -0.4 is 0 Å². The van der Waals surface area contributed by atoms with Gasteiger partial charge in [-0.25, -0.2) is 8.78 Å². The largest absolute Gasteiger partial charge is 0.347 e. The highest BCUT2D eigenvalue weighted by molar-refractivity contribution is 5.74. The number of hydrogen-bond acceptors (Lipinski definition) is 2. The Morgan fingerprint density at radius 3 is 2.55 bits per heavy atom. The van der Waals surface area contributed by atoms with E-state index in [1.54, 1.807) is 12.1 Å². The van der Waals surface area contributed by atoms with E-state index in [1.165, 1.54) is 0 Å². The van der Waals surface area contributed by atoms with Crippen molar-refractivity contribution in [2.24, 2.45) is 0 Å². The van der Waals surface area contributed by atoms with Gasteiger partial charge in [0.25, 0.3) is 0 Å². The topological polar surface area (TPSA) is 18.5 Å². The SMILES string of the molecule is FC1=C(F)[C@]2(CCCC3(C2)OCCO3)c2ccccc21. The lowest BCUT2D eigenvalue weighted by Crippen LogP contribution is -2.44. The summed E-state index contributed by atoms with van der Waals surface area (Å²) < 4.78 is 40.4. The Labute approximate surface area is 116 Å². The molecular formula is C16H16F2O2. The van der Waals surface area contributed by atoms with Gasteiger partial charge in [0.15, 0.2) is 11.6 Å². The summed E-state index contributed by atoms with van der Waals surface area (Å²) >= 11 is 0. The minimum absolute atomic E-state index is 0.371. The van der Waals surface area contributed by atoms with E-state index in [1.807, 2.05) is 12.1 Å². The highest BCUT2D eigenvalue weighted by Gasteiger charge is 2.55. The van der Waals surface area contributed by atoms with E-state index in [4.69, 9.17) is 9.47 Å². The van der Waals surface area contributed by atoms with Gasteiger partial charge in [-0.15, -0.1) is 0 Å². The van der Waals surface area contributed by atoms with Crippen LogP contribution in [0.15, 0.2) is 30.1 Å². The predicted octanol–water partition coefficient (Wildman–Crippen LogP) is 3.86. The first-order valence-corrected chi connectivity index (χ1v) is 7.11. The highest BCUT2D eigenvalue weighted by atomic mass is 19.2. The van der Waals surface area contributed by atoms with Crippen molar-refractivity contribution in [2.45, 2.75) is 36.9 Å². The molecular weight excluding hydrogens is 262 g/mol. The van der Waals surface area contributed by atoms with E-state index in [-0.39, 0.29) is 0 Å². The number of allylic oxidation sites excluding steroid dienone is 1. The average molecular weight is 278 g/mol. The van der Waals surface area contributed by atoms with Gasteiger partial charge in [0.1, 0.15) is 5.83 Å². The van der Waals surface area contributed by atoms with E-state index < -0.39 is 22.9 Å². The average Bonchev–Trinajstić information content (AvgIpc) is 2.99. The zero-order valence-corrected chi connectivity index (χ0v) is 11.1. The summed E-state index contributed by atoms with van der Waals surface area (Å²) in [6.07, 6.45) is 2.51. The molecule has 2 spiro atoms. The van der Waals surface area contributed by atoms with Gasteiger partial charge in [0.05, 0.1) is 18.6 Å². The van der Waals surface area contributed by atoms with Crippen molar-refractivity contribution in [3.05, 3.63) is 41.2 Å². The minimum Gasteiger partial charge on any atom is -0.347 e. The van der Waals surface area contributed by atoms with Gasteiger partial charge in [-0.3, -0.25) is 0 Å². The molecule has 0 radical (unpaired) electrons. The summed E-state index contributed by atoms with van der Waals surface area (Å²) in [5, 5.41) is 0. The van der Waals surface area contributed by atoms with Crippen LogP contribution in [0.5, 0.6) is 0 Å². The molecule has 2 aliphatic carbocycles. The van der Waals surface area contributed by atoms with Crippen LogP contribution in [0.2, 0.25) is 0 Å². The van der Waals surface area contributed by atoms with Crippen LogP contribution in [0.4, 0.5) is 8.78 Å². The second-order valence-electron chi connectivity index (χ2n) is 5.89. The Morgan fingerprint density at radius 2 is 1.75 bits per heavy atom. The van der Waals surface area contributed by atoms with Crippen molar-refractivity contribution in [3.8, 4) is 0 Å². The molecule has 1 atom stereocenters. The lowest BCUT2D eigenvalue weighted by atomic mass is 9.68. The number of benzene rings is 1. The van der Waals surface area contributed by atoms with Crippen LogP contribution in [-0.4, -0.2) is 19.0 Å². The smallest absolute Gasteiger partial charge is 0.169 e. The van der Waals surface area contributed by atoms with Gasteiger partial charge in [0.2, 0.25) is 0 Å². The zero-order chi connectivity index (χ0) is 13.8. The van der Waals surface area contributed by atoms with Crippen LogP contribution in [-0.2, 0) is 14.9 Å². The van der Waals surface area contributed by atoms with Crippen LogP contribution >= 0.6 is 0 Å². The molecule has 0 bridgehead atoms. The molecule has 4 rings (SSSR count). The second kappa shape index (κ2) is 4.12. The quantitative estimate of drug-likeness (QED) is 0.717. The molecule has 1 aliphatic heterocycles. The third-order valence-corrected chi connectivity index (χ3v) is 4.84. The molecule has 0 aromatic heterocycles. The summed E-state index contributed by atoms with van der Waals surface area (Å²) in [7, 11) is 0. The van der Waals surface area contributed by atoms with Gasteiger partial charge >= 0.3 is 0 Å². The Morgan fingerprint density at radius 1 is 1.00 bits per heavy atom. The van der Waals surface area contributed by atoms with Crippen molar-refractivity contribution in [1.29, 1.82) is 0 Å². The fourth-order valence-electron chi connectivity index (χ4n) is 4.00. The first-order chi connectivity index (χ1) is 9.67. The molecule has 2 fully saturated rings. The molecule has 1 saturated heterocycles. The first kappa shape index (κ1) is 12.5. The summed E-state index contributed by atoms with van der Waals surface area (Å²) in [6, 6.07) is 7.06. The van der Waals surface area contributed by atoms with Crippen molar-refractivity contribution in [2.75, 3.05) is 13.2 Å². The van der Waals surface area contributed by atoms with Crippen molar-refractivity contribution in [3.63, 3.8) is 0 Å². The monoisotopic (exact) mass is 278 g/mol. The summed E-state index contributed by atoms with van der Waals surface area (Å²) in [5.41, 5.74) is 0.233. The van der Waals surface area contributed by atoms with Crippen LogP contribution in [0, 0.1) is 0 Å². The van der Waals surface area contributed by atoms with Crippen LogP contribution in [0.1, 0.15) is 36.8 Å². The van der Waals surface area contributed by atoms with Gasteiger partial charge in [0, 0.05) is 18.4 Å². The number of halogens is 2. The summed E-state index contributed by atoms with van der Waals surface area (Å²) in [6.45, 7) is 1.07. The van der Waals surface area contributed by atoms with E-state index >= 15 is 0 Å². The van der Waals surface area contributed by atoms with Gasteiger partial charge in [-0.1, -0.05) is 24.3 Å². The Balaban J connectivity index is 1.84. The summed E-state index contributed by atoms with van der Waals surface area (Å²) in [5.74, 6) is -2.08. The molecule has 1 aromatic carbocycles. The molecule has 0 unspecified atom stereocenters. The maximum atomic E-state index is 14.7. The molecule has 4 heteroatoms. The fraction of sp³-hybridized carbons (Fsp3) is 0.500. The van der Waals surface area contributed by atoms with Crippen molar-refractivity contribution in [1.82, 2.24) is 0 Å². The molecule has 1 aromatic rings. The van der Waals surface area contributed by atoms with E-state index in [0.717, 1.165) is 18.4 Å². The highest BCUT2D eigenvalue weighted by Crippen LogP contribution is 2.58. The number of ether oxygens (including phenoxy) is 2. The lowest BCUT2D eigenvalue weighted by molar-refractivity contribution is -0.189. The molecule has 0 amide bonds. The zero-order valence-electron chi connectivity index (χ0n) is 11.1. The van der Waals surface area contributed by atoms with E-state index in [9.17, 15) is 8.78 Å². The van der Waals surface area contributed by atoms with Gasteiger partial charge < -0.3 is 9.47 Å². The molecule has 1 saturated carbocycles. The normalized spacial score (nSPS) is 31.3. The molecule has 106 valence electrons. The predicted molar refractivity (Wildman–Crippen MR) is 70.4 cm³/mol. The number of rotatable bonds is 0.